The van der Waals surface area contributed by atoms with Crippen LogP contribution in [0, 0.1) is 0 Å². The Kier molecular flexibility index (Phi) is 11.7. The summed E-state index contributed by atoms with van der Waals surface area (Å²) in [4.78, 5) is 38.0. The highest BCUT2D eigenvalue weighted by Crippen LogP contribution is 2.10. The Morgan fingerprint density at radius 2 is 1.88 bits per heavy atom. The van der Waals surface area contributed by atoms with Gasteiger partial charge in [0.25, 0.3) is 0 Å². The number of esters is 1. The van der Waals surface area contributed by atoms with E-state index in [0.717, 1.165) is 25.7 Å². The van der Waals surface area contributed by atoms with Crippen molar-refractivity contribution in [3.8, 4) is 0 Å². The van der Waals surface area contributed by atoms with Crippen LogP contribution in [0.25, 0.3) is 0 Å². The van der Waals surface area contributed by atoms with Crippen LogP contribution in [-0.2, 0) is 19.1 Å². The molecule has 0 aromatic carbocycles. The molecule has 1 aliphatic heterocycles. The zero-order valence-electron chi connectivity index (χ0n) is 16.3. The van der Waals surface area contributed by atoms with Crippen LogP contribution >= 0.6 is 0 Å². The highest BCUT2D eigenvalue weighted by Gasteiger charge is 2.33. The van der Waals surface area contributed by atoms with Gasteiger partial charge >= 0.3 is 5.97 Å². The molecule has 1 fully saturated rings. The first-order valence-corrected chi connectivity index (χ1v) is 10.0. The van der Waals surface area contributed by atoms with Crippen LogP contribution < -0.4 is 10.6 Å². The van der Waals surface area contributed by atoms with E-state index >= 15 is 0 Å². The van der Waals surface area contributed by atoms with Gasteiger partial charge in [0.05, 0.1) is 19.6 Å². The minimum Gasteiger partial charge on any atom is -0.466 e. The maximum Gasteiger partial charge on any atom is 0.307 e. The predicted molar refractivity (Wildman–Crippen MR) is 101 cm³/mol. The third-order valence-electron chi connectivity index (χ3n) is 4.51. The summed E-state index contributed by atoms with van der Waals surface area (Å²) >= 11 is 0. The molecule has 7 nitrogen and oxygen atoms in total. The van der Waals surface area contributed by atoms with Gasteiger partial charge in [-0.1, -0.05) is 46.0 Å². The molecule has 26 heavy (non-hydrogen) atoms. The van der Waals surface area contributed by atoms with Gasteiger partial charge in [0, 0.05) is 19.6 Å². The number of nitrogens with one attached hydrogen (secondary N) is 2. The molecule has 1 heterocycles. The lowest BCUT2D eigenvalue weighted by Crippen LogP contribution is -2.58. The second-order valence-electron chi connectivity index (χ2n) is 6.82. The lowest BCUT2D eigenvalue weighted by Gasteiger charge is -2.33. The van der Waals surface area contributed by atoms with Crippen LogP contribution in [0.1, 0.15) is 65.2 Å². The van der Waals surface area contributed by atoms with Gasteiger partial charge in [-0.25, -0.2) is 0 Å². The lowest BCUT2D eigenvalue weighted by atomic mass is 10.1. The number of unbranched alkanes of at least 4 members (excludes halogenated alkanes) is 5. The Hall–Kier alpha value is -1.63. The lowest BCUT2D eigenvalue weighted by molar-refractivity contribution is -0.149. The van der Waals surface area contributed by atoms with Gasteiger partial charge in [0.15, 0.2) is 0 Å². The Bertz CT molecular complexity index is 443. The number of nitrogens with zero attached hydrogens (tertiary/aromatic N) is 1. The standard InChI is InChI=1S/C19H35N3O4/c1-3-5-7-8-9-10-20-17(23)15-22-12-11-21-19(25)16(22)14-18(24)26-13-6-4-2/h16H,3-15H2,1-2H3,(H,20,23)(H,21,25). The molecule has 0 spiro atoms. The van der Waals surface area contributed by atoms with E-state index in [1.807, 2.05) is 6.92 Å². The number of ether oxygens (including phenoxy) is 1. The van der Waals surface area contributed by atoms with Gasteiger partial charge < -0.3 is 15.4 Å². The molecular weight excluding hydrogens is 334 g/mol. The zero-order valence-corrected chi connectivity index (χ0v) is 16.3. The van der Waals surface area contributed by atoms with Crippen molar-refractivity contribution in [2.75, 3.05) is 32.8 Å². The topological polar surface area (TPSA) is 87.7 Å². The summed E-state index contributed by atoms with van der Waals surface area (Å²) in [5.74, 6) is -0.697. The summed E-state index contributed by atoms with van der Waals surface area (Å²) < 4.78 is 5.15. The number of hydrogen-bond acceptors (Lipinski definition) is 5. The predicted octanol–water partition coefficient (Wildman–Crippen LogP) is 1.61. The normalized spacial score (nSPS) is 17.6. The van der Waals surface area contributed by atoms with Crippen molar-refractivity contribution in [2.24, 2.45) is 0 Å². The van der Waals surface area contributed by atoms with E-state index in [2.05, 4.69) is 17.6 Å². The van der Waals surface area contributed by atoms with E-state index in [9.17, 15) is 14.4 Å². The number of carbonyl (C=O) groups excluding carboxylic acids is 3. The second kappa shape index (κ2) is 13.6. The molecule has 1 atom stereocenters. The van der Waals surface area contributed by atoms with Crippen LogP contribution in [-0.4, -0.2) is 61.5 Å². The largest absolute Gasteiger partial charge is 0.466 e. The summed E-state index contributed by atoms with van der Waals surface area (Å²) in [6.45, 7) is 6.41. The van der Waals surface area contributed by atoms with E-state index in [1.54, 1.807) is 4.90 Å². The average Bonchev–Trinajstić information content (AvgIpc) is 2.61. The number of piperazine rings is 1. The Morgan fingerprint density at radius 1 is 1.15 bits per heavy atom. The Labute approximate surface area is 157 Å². The van der Waals surface area contributed by atoms with Crippen molar-refractivity contribution in [3.63, 3.8) is 0 Å². The first-order valence-electron chi connectivity index (χ1n) is 10.0. The van der Waals surface area contributed by atoms with Crippen LogP contribution in [0.3, 0.4) is 0 Å². The number of hydrogen-bond donors (Lipinski definition) is 2. The maximum atomic E-state index is 12.1. The molecule has 0 aliphatic carbocycles. The quantitative estimate of drug-likeness (QED) is 0.380. The molecule has 1 unspecified atom stereocenters. The van der Waals surface area contributed by atoms with Crippen molar-refractivity contribution in [2.45, 2.75) is 71.3 Å². The average molecular weight is 370 g/mol. The summed E-state index contributed by atoms with van der Waals surface area (Å²) in [6.07, 6.45) is 7.46. The summed E-state index contributed by atoms with van der Waals surface area (Å²) in [7, 11) is 0. The fraction of sp³-hybridized carbons (Fsp3) is 0.842. The minimum atomic E-state index is -0.631. The summed E-state index contributed by atoms with van der Waals surface area (Å²) in [5.41, 5.74) is 0. The molecule has 2 amide bonds. The minimum absolute atomic E-state index is 0.0140. The second-order valence-corrected chi connectivity index (χ2v) is 6.82. The first kappa shape index (κ1) is 22.4. The summed E-state index contributed by atoms with van der Waals surface area (Å²) in [6, 6.07) is -0.631. The molecule has 0 saturated carbocycles. The molecule has 2 N–H and O–H groups in total. The third-order valence-corrected chi connectivity index (χ3v) is 4.51. The molecule has 1 aliphatic rings. The van der Waals surface area contributed by atoms with E-state index in [4.69, 9.17) is 4.74 Å². The molecule has 150 valence electrons. The van der Waals surface area contributed by atoms with Crippen molar-refractivity contribution in [1.82, 2.24) is 15.5 Å². The summed E-state index contributed by atoms with van der Waals surface area (Å²) in [5, 5.41) is 5.67. The molecule has 0 aromatic heterocycles. The monoisotopic (exact) mass is 369 g/mol. The molecule has 0 radical (unpaired) electrons. The molecule has 0 aromatic rings. The van der Waals surface area contributed by atoms with Crippen LogP contribution in [0.4, 0.5) is 0 Å². The first-order chi connectivity index (χ1) is 12.6. The van der Waals surface area contributed by atoms with Crippen LogP contribution in [0.15, 0.2) is 0 Å². The fourth-order valence-electron chi connectivity index (χ4n) is 2.92. The highest BCUT2D eigenvalue weighted by atomic mass is 16.5. The van der Waals surface area contributed by atoms with Crippen LogP contribution in [0.2, 0.25) is 0 Å². The van der Waals surface area contributed by atoms with Crippen LogP contribution in [0.5, 0.6) is 0 Å². The van der Waals surface area contributed by atoms with Gasteiger partial charge in [0.1, 0.15) is 6.04 Å². The van der Waals surface area contributed by atoms with E-state index in [-0.39, 0.29) is 30.7 Å². The van der Waals surface area contributed by atoms with E-state index in [0.29, 0.717) is 26.2 Å². The number of rotatable bonds is 13. The van der Waals surface area contributed by atoms with Gasteiger partial charge in [-0.3, -0.25) is 19.3 Å². The molecule has 1 rings (SSSR count). The van der Waals surface area contributed by atoms with Crippen molar-refractivity contribution >= 4 is 17.8 Å². The Morgan fingerprint density at radius 3 is 2.62 bits per heavy atom. The van der Waals surface area contributed by atoms with Crippen molar-refractivity contribution < 1.29 is 19.1 Å². The number of carbonyl (C=O) groups is 3. The van der Waals surface area contributed by atoms with Gasteiger partial charge in [-0.2, -0.15) is 0 Å². The zero-order chi connectivity index (χ0) is 19.2. The highest BCUT2D eigenvalue weighted by molar-refractivity contribution is 5.88. The van der Waals surface area contributed by atoms with Crippen molar-refractivity contribution in [1.29, 1.82) is 0 Å². The van der Waals surface area contributed by atoms with Gasteiger partial charge in [-0.15, -0.1) is 0 Å². The molecule has 1 saturated heterocycles. The molecule has 0 bridgehead atoms. The van der Waals surface area contributed by atoms with E-state index in [1.165, 1.54) is 19.3 Å². The fourth-order valence-corrected chi connectivity index (χ4v) is 2.92. The SMILES string of the molecule is CCCCCCCNC(=O)CN1CCNC(=O)C1CC(=O)OCCCC. The smallest absolute Gasteiger partial charge is 0.307 e. The van der Waals surface area contributed by atoms with Gasteiger partial charge in [0.2, 0.25) is 11.8 Å². The van der Waals surface area contributed by atoms with Gasteiger partial charge in [-0.05, 0) is 12.8 Å². The molecule has 7 heteroatoms. The van der Waals surface area contributed by atoms with Crippen molar-refractivity contribution in [3.05, 3.63) is 0 Å². The third kappa shape index (κ3) is 9.17. The Balaban J connectivity index is 2.37. The van der Waals surface area contributed by atoms with E-state index < -0.39 is 6.04 Å². The number of amides is 2. The maximum absolute atomic E-state index is 12.1. The molecular formula is C19H35N3O4.